The molecule has 22 heavy (non-hydrogen) atoms. The lowest BCUT2D eigenvalue weighted by Crippen LogP contribution is -2.28. The van der Waals surface area contributed by atoms with Gasteiger partial charge in [0.05, 0.1) is 0 Å². The highest BCUT2D eigenvalue weighted by atomic mass is 32.2. The molecule has 4 heteroatoms. The fourth-order valence-corrected chi connectivity index (χ4v) is 3.11. The summed E-state index contributed by atoms with van der Waals surface area (Å²) in [5.74, 6) is -0.189. The van der Waals surface area contributed by atoms with E-state index in [2.05, 4.69) is 49.1 Å². The lowest BCUT2D eigenvalue weighted by Gasteiger charge is -2.20. The minimum Gasteiger partial charge on any atom is -0.308 e. The number of hydrogen-bond acceptors (Lipinski definition) is 3. The molecule has 0 N–H and O–H groups in total. The van der Waals surface area contributed by atoms with Crippen molar-refractivity contribution in [2.75, 3.05) is 34.2 Å². The van der Waals surface area contributed by atoms with Crippen LogP contribution in [0.2, 0.25) is 0 Å². The first kappa shape index (κ1) is 17.0. The van der Waals surface area contributed by atoms with Crippen molar-refractivity contribution in [3.8, 4) is 0 Å². The highest BCUT2D eigenvalue weighted by Crippen LogP contribution is 2.31. The van der Waals surface area contributed by atoms with Crippen LogP contribution in [0, 0.1) is 5.82 Å². The third kappa shape index (κ3) is 5.44. The lowest BCUT2D eigenvalue weighted by atomic mass is 10.2. The molecular formula is C18H23FN2S. The van der Waals surface area contributed by atoms with E-state index in [-0.39, 0.29) is 5.82 Å². The van der Waals surface area contributed by atoms with Crippen LogP contribution in [0.4, 0.5) is 4.39 Å². The van der Waals surface area contributed by atoms with Gasteiger partial charge in [-0.05, 0) is 51.0 Å². The highest BCUT2D eigenvalue weighted by molar-refractivity contribution is 7.99. The molecule has 2 nitrogen and oxygen atoms in total. The number of hydrogen-bond donors (Lipinski definition) is 0. The van der Waals surface area contributed by atoms with Crippen molar-refractivity contribution in [2.45, 2.75) is 16.3 Å². The Bertz CT molecular complexity index is 601. The summed E-state index contributed by atoms with van der Waals surface area (Å²) < 4.78 is 13.3. The molecule has 0 atom stereocenters. The maximum Gasteiger partial charge on any atom is 0.124 e. The monoisotopic (exact) mass is 318 g/mol. The molecule has 118 valence electrons. The van der Waals surface area contributed by atoms with E-state index in [9.17, 15) is 4.39 Å². The smallest absolute Gasteiger partial charge is 0.124 e. The maximum absolute atomic E-state index is 13.3. The van der Waals surface area contributed by atoms with Crippen LogP contribution < -0.4 is 0 Å². The summed E-state index contributed by atoms with van der Waals surface area (Å²) in [7, 11) is 6.30. The minimum atomic E-state index is -0.189. The van der Waals surface area contributed by atoms with Gasteiger partial charge in [0.1, 0.15) is 5.82 Å². The summed E-state index contributed by atoms with van der Waals surface area (Å²) >= 11 is 1.62. The van der Waals surface area contributed by atoms with Crippen molar-refractivity contribution < 1.29 is 4.39 Å². The van der Waals surface area contributed by atoms with E-state index in [1.54, 1.807) is 23.9 Å². The second kappa shape index (κ2) is 8.32. The third-order valence-electron chi connectivity index (χ3n) is 3.37. The average Bonchev–Trinajstić information content (AvgIpc) is 2.47. The van der Waals surface area contributed by atoms with Gasteiger partial charge in [0.2, 0.25) is 0 Å². The molecular weight excluding hydrogens is 295 g/mol. The van der Waals surface area contributed by atoms with Crippen molar-refractivity contribution in [1.82, 2.24) is 9.80 Å². The molecule has 0 aliphatic heterocycles. The molecule has 0 unspecified atom stereocenters. The van der Waals surface area contributed by atoms with Crippen LogP contribution in [0.1, 0.15) is 5.56 Å². The number of nitrogens with zero attached hydrogens (tertiary/aromatic N) is 2. The van der Waals surface area contributed by atoms with Crippen molar-refractivity contribution >= 4 is 11.8 Å². The summed E-state index contributed by atoms with van der Waals surface area (Å²) in [4.78, 5) is 6.61. The Labute approximate surface area is 136 Å². The minimum absolute atomic E-state index is 0.189. The van der Waals surface area contributed by atoms with Crippen LogP contribution in [-0.2, 0) is 6.54 Å². The van der Waals surface area contributed by atoms with Gasteiger partial charge in [0.15, 0.2) is 0 Å². The molecule has 2 aromatic carbocycles. The van der Waals surface area contributed by atoms with Gasteiger partial charge in [-0.1, -0.05) is 36.0 Å². The predicted molar refractivity (Wildman–Crippen MR) is 91.9 cm³/mol. The van der Waals surface area contributed by atoms with Crippen molar-refractivity contribution in [3.63, 3.8) is 0 Å². The van der Waals surface area contributed by atoms with E-state index in [4.69, 9.17) is 0 Å². The molecule has 0 saturated heterocycles. The van der Waals surface area contributed by atoms with Gasteiger partial charge in [-0.2, -0.15) is 0 Å². The molecule has 0 aliphatic rings. The van der Waals surface area contributed by atoms with Crippen LogP contribution in [-0.4, -0.2) is 44.0 Å². The van der Waals surface area contributed by atoms with E-state index in [1.807, 2.05) is 12.1 Å². The van der Waals surface area contributed by atoms with E-state index >= 15 is 0 Å². The summed E-state index contributed by atoms with van der Waals surface area (Å²) in [6.07, 6.45) is 0. The van der Waals surface area contributed by atoms with Crippen LogP contribution >= 0.6 is 11.8 Å². The van der Waals surface area contributed by atoms with E-state index in [0.717, 1.165) is 24.5 Å². The van der Waals surface area contributed by atoms with Crippen LogP contribution in [0.15, 0.2) is 58.3 Å². The first-order valence-corrected chi connectivity index (χ1v) is 8.21. The Kier molecular flexibility index (Phi) is 6.43. The Hall–Kier alpha value is -1.36. The number of benzene rings is 2. The first-order valence-electron chi connectivity index (χ1n) is 7.39. The predicted octanol–water partition coefficient (Wildman–Crippen LogP) is 3.97. The van der Waals surface area contributed by atoms with Gasteiger partial charge in [0, 0.05) is 29.4 Å². The normalized spacial score (nSPS) is 11.4. The summed E-state index contributed by atoms with van der Waals surface area (Å²) in [6.45, 7) is 2.95. The van der Waals surface area contributed by atoms with Crippen molar-refractivity contribution in [3.05, 3.63) is 59.9 Å². The van der Waals surface area contributed by atoms with Crippen LogP contribution in [0.5, 0.6) is 0 Å². The average molecular weight is 318 g/mol. The Morgan fingerprint density at radius 2 is 1.73 bits per heavy atom. The quantitative estimate of drug-likeness (QED) is 0.763. The molecule has 0 fully saturated rings. The fraction of sp³-hybridized carbons (Fsp3) is 0.333. The van der Waals surface area contributed by atoms with Crippen molar-refractivity contribution in [2.24, 2.45) is 0 Å². The first-order chi connectivity index (χ1) is 10.5. The number of halogens is 1. The van der Waals surface area contributed by atoms with Crippen LogP contribution in [0.3, 0.4) is 0 Å². The zero-order chi connectivity index (χ0) is 15.9. The Balaban J connectivity index is 2.06. The Morgan fingerprint density at radius 3 is 2.45 bits per heavy atom. The largest absolute Gasteiger partial charge is 0.308 e. The Morgan fingerprint density at radius 1 is 0.955 bits per heavy atom. The molecule has 0 aliphatic carbocycles. The van der Waals surface area contributed by atoms with Gasteiger partial charge in [-0.3, -0.25) is 0 Å². The lowest BCUT2D eigenvalue weighted by molar-refractivity contribution is 0.275. The second-order valence-electron chi connectivity index (χ2n) is 5.71. The zero-order valence-electron chi connectivity index (χ0n) is 13.4. The standard InChI is InChI=1S/C18H23FN2S/c1-20(2)11-12-21(3)14-15-7-4-5-10-18(15)22-17-9-6-8-16(19)13-17/h4-10,13H,11-12,14H2,1-3H3. The van der Waals surface area contributed by atoms with Gasteiger partial charge in [-0.25, -0.2) is 4.39 Å². The fourth-order valence-electron chi connectivity index (χ4n) is 2.13. The highest BCUT2D eigenvalue weighted by Gasteiger charge is 2.07. The molecule has 0 saturated carbocycles. The molecule has 0 amide bonds. The van der Waals surface area contributed by atoms with E-state index in [1.165, 1.54) is 16.5 Å². The zero-order valence-corrected chi connectivity index (χ0v) is 14.2. The van der Waals surface area contributed by atoms with Gasteiger partial charge in [-0.15, -0.1) is 0 Å². The van der Waals surface area contributed by atoms with Gasteiger partial charge in [0.25, 0.3) is 0 Å². The van der Waals surface area contributed by atoms with Gasteiger partial charge >= 0.3 is 0 Å². The van der Waals surface area contributed by atoms with Crippen LogP contribution in [0.25, 0.3) is 0 Å². The molecule has 0 spiro atoms. The molecule has 0 aromatic heterocycles. The second-order valence-corrected chi connectivity index (χ2v) is 6.82. The number of likely N-dealkylation sites (N-methyl/N-ethyl adjacent to an activating group) is 2. The molecule has 0 bridgehead atoms. The van der Waals surface area contributed by atoms with Crippen molar-refractivity contribution in [1.29, 1.82) is 0 Å². The maximum atomic E-state index is 13.3. The van der Waals surface area contributed by atoms with Gasteiger partial charge < -0.3 is 9.80 Å². The molecule has 2 aromatic rings. The SMILES string of the molecule is CN(C)CCN(C)Cc1ccccc1Sc1cccc(F)c1. The summed E-state index contributed by atoms with van der Waals surface area (Å²) in [5.41, 5.74) is 1.28. The van der Waals surface area contributed by atoms with E-state index < -0.39 is 0 Å². The topological polar surface area (TPSA) is 6.48 Å². The molecule has 2 rings (SSSR count). The van der Waals surface area contributed by atoms with E-state index in [0.29, 0.717) is 0 Å². The summed E-state index contributed by atoms with van der Waals surface area (Å²) in [5, 5.41) is 0. The molecule has 0 heterocycles. The summed E-state index contributed by atoms with van der Waals surface area (Å²) in [6, 6.07) is 15.1. The molecule has 0 radical (unpaired) electrons. The third-order valence-corrected chi connectivity index (χ3v) is 4.47. The number of rotatable bonds is 7.